The number of benzene rings is 1. The number of nitrogens with one attached hydrogen (secondary N) is 1. The third-order valence-corrected chi connectivity index (χ3v) is 6.85. The van der Waals surface area contributed by atoms with Crippen molar-refractivity contribution in [3.05, 3.63) is 60.4 Å². The zero-order valence-electron chi connectivity index (χ0n) is 12.6. The van der Waals surface area contributed by atoms with Gasteiger partial charge in [0.1, 0.15) is 5.25 Å². The monoisotopic (exact) mass is 354 g/mol. The van der Waals surface area contributed by atoms with Gasteiger partial charge in [-0.2, -0.15) is 0 Å². The van der Waals surface area contributed by atoms with Crippen LogP contribution >= 0.6 is 0 Å². The van der Waals surface area contributed by atoms with E-state index in [9.17, 15) is 16.8 Å². The summed E-state index contributed by atoms with van der Waals surface area (Å²) < 4.78 is 51.5. The highest BCUT2D eigenvalue weighted by Gasteiger charge is 2.30. The summed E-state index contributed by atoms with van der Waals surface area (Å²) in [6.07, 6.45) is 2.97. The molecule has 0 saturated carbocycles. The number of hydrogen-bond acceptors (Lipinski definition) is 5. The highest BCUT2D eigenvalue weighted by atomic mass is 32.2. The molecule has 0 amide bonds. The van der Waals surface area contributed by atoms with Crippen LogP contribution in [-0.4, -0.2) is 34.1 Å². The minimum Gasteiger partial charge on any atom is -0.264 e. The zero-order chi connectivity index (χ0) is 16.9. The van der Waals surface area contributed by atoms with Gasteiger partial charge in [0, 0.05) is 18.9 Å². The Morgan fingerprint density at radius 2 is 1.74 bits per heavy atom. The predicted octanol–water partition coefficient (Wildman–Crippen LogP) is 1.54. The normalized spacial score (nSPS) is 13.6. The summed E-state index contributed by atoms with van der Waals surface area (Å²) in [5.74, 6) is -0.113. The molecule has 1 atom stereocenters. The van der Waals surface area contributed by atoms with Crippen LogP contribution in [0.3, 0.4) is 0 Å². The first-order chi connectivity index (χ1) is 10.9. The van der Waals surface area contributed by atoms with E-state index in [1.165, 1.54) is 31.5 Å². The summed E-state index contributed by atoms with van der Waals surface area (Å²) in [6.45, 7) is 1.26. The van der Waals surface area contributed by atoms with Crippen molar-refractivity contribution in [3.8, 4) is 0 Å². The van der Waals surface area contributed by atoms with Gasteiger partial charge >= 0.3 is 0 Å². The van der Waals surface area contributed by atoms with Crippen molar-refractivity contribution in [3.63, 3.8) is 0 Å². The molecule has 0 saturated heterocycles. The lowest BCUT2D eigenvalue weighted by molar-refractivity contribution is 0.569. The van der Waals surface area contributed by atoms with E-state index in [1.807, 2.05) is 0 Å². The van der Waals surface area contributed by atoms with E-state index < -0.39 is 25.1 Å². The molecule has 124 valence electrons. The maximum absolute atomic E-state index is 12.9. The van der Waals surface area contributed by atoms with Gasteiger partial charge in [0.25, 0.3) is 0 Å². The van der Waals surface area contributed by atoms with Gasteiger partial charge in [0.15, 0.2) is 9.84 Å². The summed E-state index contributed by atoms with van der Waals surface area (Å²) in [4.78, 5) is 4.08. The Morgan fingerprint density at radius 1 is 1.04 bits per heavy atom. The topological polar surface area (TPSA) is 93.2 Å². The molecule has 0 aliphatic heterocycles. The molecule has 2 rings (SSSR count). The molecular formula is C15H18N2O4S2. The van der Waals surface area contributed by atoms with Crippen LogP contribution in [0.15, 0.2) is 59.8 Å². The lowest BCUT2D eigenvalue weighted by Gasteiger charge is -2.18. The predicted molar refractivity (Wildman–Crippen MR) is 88.1 cm³/mol. The Kier molecular flexibility index (Phi) is 5.51. The van der Waals surface area contributed by atoms with Gasteiger partial charge in [-0.05, 0) is 30.7 Å². The molecule has 1 aromatic carbocycles. The molecule has 8 heteroatoms. The van der Waals surface area contributed by atoms with Crippen molar-refractivity contribution >= 4 is 19.9 Å². The quantitative estimate of drug-likeness (QED) is 0.814. The molecule has 0 aliphatic carbocycles. The van der Waals surface area contributed by atoms with Gasteiger partial charge in [-0.15, -0.1) is 0 Å². The molecule has 6 nitrogen and oxygen atoms in total. The molecule has 23 heavy (non-hydrogen) atoms. The van der Waals surface area contributed by atoms with Crippen LogP contribution in [0.4, 0.5) is 0 Å². The van der Waals surface area contributed by atoms with E-state index in [0.29, 0.717) is 5.56 Å². The maximum Gasteiger partial charge on any atom is 0.211 e. The van der Waals surface area contributed by atoms with Crippen LogP contribution in [0, 0.1) is 0 Å². The van der Waals surface area contributed by atoms with Crippen LogP contribution in [0.5, 0.6) is 0 Å². The number of rotatable bonds is 7. The van der Waals surface area contributed by atoms with Gasteiger partial charge in [-0.1, -0.05) is 24.3 Å². The molecule has 1 heterocycles. The Morgan fingerprint density at radius 3 is 2.30 bits per heavy atom. The molecule has 1 aromatic heterocycles. The van der Waals surface area contributed by atoms with Gasteiger partial charge in [0.05, 0.1) is 10.6 Å². The molecular weight excluding hydrogens is 336 g/mol. The van der Waals surface area contributed by atoms with E-state index >= 15 is 0 Å². The van der Waals surface area contributed by atoms with Crippen LogP contribution < -0.4 is 4.72 Å². The second-order valence-electron chi connectivity index (χ2n) is 4.88. The Labute approximate surface area is 136 Å². The highest BCUT2D eigenvalue weighted by molar-refractivity contribution is 7.92. The van der Waals surface area contributed by atoms with Crippen LogP contribution in [0.1, 0.15) is 17.7 Å². The van der Waals surface area contributed by atoms with Crippen molar-refractivity contribution in [1.29, 1.82) is 0 Å². The summed E-state index contributed by atoms with van der Waals surface area (Å²) in [6, 6.07) is 11.2. The van der Waals surface area contributed by atoms with Crippen molar-refractivity contribution in [2.75, 3.05) is 12.3 Å². The molecule has 0 aliphatic rings. The number of pyridine rings is 1. The number of hydrogen-bond donors (Lipinski definition) is 1. The van der Waals surface area contributed by atoms with E-state index in [1.54, 1.807) is 30.3 Å². The summed E-state index contributed by atoms with van der Waals surface area (Å²) in [5, 5.41) is -1.04. The first-order valence-corrected chi connectivity index (χ1v) is 10.2. The number of sulfone groups is 1. The number of nitrogens with zero attached hydrogens (tertiary/aromatic N) is 1. The smallest absolute Gasteiger partial charge is 0.211 e. The molecule has 0 bridgehead atoms. The minimum absolute atomic E-state index is 0.113. The fraction of sp³-hybridized carbons (Fsp3) is 0.267. The number of sulfonamides is 1. The summed E-state index contributed by atoms with van der Waals surface area (Å²) in [7, 11) is -7.25. The Balaban J connectivity index is 2.42. The Bertz CT molecular complexity index is 836. The fourth-order valence-corrected chi connectivity index (χ4v) is 4.45. The van der Waals surface area contributed by atoms with E-state index in [4.69, 9.17) is 0 Å². The van der Waals surface area contributed by atoms with Gasteiger partial charge < -0.3 is 0 Å². The second kappa shape index (κ2) is 7.20. The molecule has 0 spiro atoms. The van der Waals surface area contributed by atoms with E-state index in [2.05, 4.69) is 9.71 Å². The van der Waals surface area contributed by atoms with Crippen molar-refractivity contribution in [2.24, 2.45) is 0 Å². The first kappa shape index (κ1) is 17.6. The lowest BCUT2D eigenvalue weighted by atomic mass is 10.2. The highest BCUT2D eigenvalue weighted by Crippen LogP contribution is 2.28. The Hall–Kier alpha value is -1.77. The number of aromatic nitrogens is 1. The van der Waals surface area contributed by atoms with Crippen LogP contribution in [0.2, 0.25) is 0 Å². The SMILES string of the molecule is CCS(=O)(=O)NC[C@H](c1cccnc1)S(=O)(=O)c1ccccc1. The summed E-state index contributed by atoms with van der Waals surface area (Å²) >= 11 is 0. The molecule has 1 N–H and O–H groups in total. The fourth-order valence-electron chi connectivity index (χ4n) is 2.05. The van der Waals surface area contributed by atoms with Crippen LogP contribution in [0.25, 0.3) is 0 Å². The standard InChI is InChI=1S/C15H18N2O4S2/c1-2-22(18,19)17-12-15(13-7-6-10-16-11-13)23(20,21)14-8-4-3-5-9-14/h3-11,15,17H,2,12H2,1H3/t15-/m1/s1. The van der Waals surface area contributed by atoms with Gasteiger partial charge in [-0.25, -0.2) is 21.6 Å². The average molecular weight is 354 g/mol. The first-order valence-electron chi connectivity index (χ1n) is 7.03. The van der Waals surface area contributed by atoms with E-state index in [-0.39, 0.29) is 17.2 Å². The summed E-state index contributed by atoms with van der Waals surface area (Å²) in [5.41, 5.74) is 0.440. The zero-order valence-corrected chi connectivity index (χ0v) is 14.2. The second-order valence-corrected chi connectivity index (χ2v) is 9.11. The molecule has 0 fully saturated rings. The largest absolute Gasteiger partial charge is 0.264 e. The third kappa shape index (κ3) is 4.37. The van der Waals surface area contributed by atoms with Gasteiger partial charge in [-0.3, -0.25) is 4.98 Å². The maximum atomic E-state index is 12.9. The molecule has 0 radical (unpaired) electrons. The van der Waals surface area contributed by atoms with Crippen molar-refractivity contribution < 1.29 is 16.8 Å². The van der Waals surface area contributed by atoms with E-state index in [0.717, 1.165) is 0 Å². The third-order valence-electron chi connectivity index (χ3n) is 3.37. The van der Waals surface area contributed by atoms with Crippen molar-refractivity contribution in [2.45, 2.75) is 17.1 Å². The van der Waals surface area contributed by atoms with Crippen molar-refractivity contribution in [1.82, 2.24) is 9.71 Å². The molecule has 0 unspecified atom stereocenters. The average Bonchev–Trinajstić information content (AvgIpc) is 2.56. The van der Waals surface area contributed by atoms with Crippen LogP contribution in [-0.2, 0) is 19.9 Å². The van der Waals surface area contributed by atoms with Gasteiger partial charge in [0.2, 0.25) is 10.0 Å². The minimum atomic E-state index is -3.75. The lowest BCUT2D eigenvalue weighted by Crippen LogP contribution is -2.33. The molecule has 2 aromatic rings.